The molecule has 7 aromatic carbocycles. The zero-order valence-electron chi connectivity index (χ0n) is 22.8. The van der Waals surface area contributed by atoms with Gasteiger partial charge in [0, 0.05) is 16.7 Å². The van der Waals surface area contributed by atoms with Crippen LogP contribution in [0.3, 0.4) is 0 Å². The SMILES string of the molecule is c1ccc(C2=Nc3cccc4c3C2c2cccc(-c3ccc5cc(-c6ccc7ccccc7c6)ccc5c3)c2O4)cc1. The van der Waals surface area contributed by atoms with Crippen molar-refractivity contribution in [3.63, 3.8) is 0 Å². The molecule has 2 heterocycles. The van der Waals surface area contributed by atoms with Crippen LogP contribution in [0.15, 0.2) is 151 Å². The third kappa shape index (κ3) is 3.55. The van der Waals surface area contributed by atoms with Crippen LogP contribution < -0.4 is 4.74 Å². The molecule has 2 aliphatic heterocycles. The summed E-state index contributed by atoms with van der Waals surface area (Å²) in [7, 11) is 0. The van der Waals surface area contributed by atoms with Crippen LogP contribution in [0.1, 0.15) is 22.6 Å². The maximum absolute atomic E-state index is 6.69. The van der Waals surface area contributed by atoms with E-state index in [1.165, 1.54) is 43.8 Å². The summed E-state index contributed by atoms with van der Waals surface area (Å²) in [5, 5.41) is 4.95. The predicted octanol–water partition coefficient (Wildman–Crippen LogP) is 10.7. The summed E-state index contributed by atoms with van der Waals surface area (Å²) in [4.78, 5) is 5.10. The Kier molecular flexibility index (Phi) is 4.99. The third-order valence-corrected chi connectivity index (χ3v) is 8.72. The molecule has 1 unspecified atom stereocenters. The van der Waals surface area contributed by atoms with Crippen LogP contribution in [0, 0.1) is 0 Å². The van der Waals surface area contributed by atoms with E-state index in [0.717, 1.165) is 39.6 Å². The molecule has 0 radical (unpaired) electrons. The monoisotopic (exact) mass is 535 g/mol. The van der Waals surface area contributed by atoms with Gasteiger partial charge in [-0.2, -0.15) is 0 Å². The van der Waals surface area contributed by atoms with E-state index in [2.05, 4.69) is 140 Å². The highest BCUT2D eigenvalue weighted by Crippen LogP contribution is 2.55. The van der Waals surface area contributed by atoms with Crippen molar-refractivity contribution >= 4 is 32.9 Å². The number of hydrogen-bond acceptors (Lipinski definition) is 2. The van der Waals surface area contributed by atoms with Crippen molar-refractivity contribution in [3.8, 4) is 33.8 Å². The van der Waals surface area contributed by atoms with Gasteiger partial charge in [-0.15, -0.1) is 0 Å². The number of aliphatic imine (C=N–C) groups is 1. The number of ether oxygens (including phenoxy) is 1. The molecule has 2 heteroatoms. The Morgan fingerprint density at radius 3 is 1.93 bits per heavy atom. The second-order valence-electron chi connectivity index (χ2n) is 11.1. The first-order chi connectivity index (χ1) is 20.8. The van der Waals surface area contributed by atoms with Gasteiger partial charge in [0.25, 0.3) is 0 Å². The van der Waals surface area contributed by atoms with Gasteiger partial charge in [0.2, 0.25) is 0 Å². The molecule has 0 bridgehead atoms. The molecule has 42 heavy (non-hydrogen) atoms. The average Bonchev–Trinajstić information content (AvgIpc) is 3.45. The summed E-state index contributed by atoms with van der Waals surface area (Å²) in [6.45, 7) is 0. The van der Waals surface area contributed by atoms with Crippen LogP contribution in [-0.4, -0.2) is 5.71 Å². The highest BCUT2D eigenvalue weighted by molar-refractivity contribution is 6.13. The number of para-hydroxylation sites is 1. The Hall–Kier alpha value is -5.47. The van der Waals surface area contributed by atoms with E-state index in [1.54, 1.807) is 0 Å². The van der Waals surface area contributed by atoms with Crippen LogP contribution in [-0.2, 0) is 0 Å². The van der Waals surface area contributed by atoms with E-state index >= 15 is 0 Å². The molecule has 9 rings (SSSR count). The fourth-order valence-corrected chi connectivity index (χ4v) is 6.68. The Labute approximate surface area is 244 Å². The minimum atomic E-state index is 0.0484. The van der Waals surface area contributed by atoms with E-state index in [4.69, 9.17) is 9.73 Å². The molecule has 0 N–H and O–H groups in total. The summed E-state index contributed by atoms with van der Waals surface area (Å²) < 4.78 is 6.69. The lowest BCUT2D eigenvalue weighted by Crippen LogP contribution is -2.16. The molecule has 0 aliphatic carbocycles. The van der Waals surface area contributed by atoms with Gasteiger partial charge in [0.15, 0.2) is 0 Å². The molecule has 1 atom stereocenters. The van der Waals surface area contributed by atoms with E-state index in [9.17, 15) is 0 Å². The van der Waals surface area contributed by atoms with Crippen LogP contribution >= 0.6 is 0 Å². The third-order valence-electron chi connectivity index (χ3n) is 8.72. The smallest absolute Gasteiger partial charge is 0.139 e. The maximum atomic E-state index is 6.69. The number of hydrogen-bond donors (Lipinski definition) is 0. The average molecular weight is 536 g/mol. The van der Waals surface area contributed by atoms with Gasteiger partial charge < -0.3 is 4.74 Å². The molecular formula is C40H25NO. The second kappa shape index (κ2) is 9.02. The zero-order chi connectivity index (χ0) is 27.6. The molecule has 0 fully saturated rings. The predicted molar refractivity (Wildman–Crippen MR) is 173 cm³/mol. The van der Waals surface area contributed by atoms with Crippen molar-refractivity contribution in [3.05, 3.63) is 162 Å². The fourth-order valence-electron chi connectivity index (χ4n) is 6.68. The number of fused-ring (bicyclic) bond motifs is 4. The summed E-state index contributed by atoms with van der Waals surface area (Å²) in [5.41, 5.74) is 10.3. The minimum Gasteiger partial charge on any atom is -0.456 e. The van der Waals surface area contributed by atoms with Gasteiger partial charge in [0.1, 0.15) is 11.5 Å². The first-order valence-corrected chi connectivity index (χ1v) is 14.4. The van der Waals surface area contributed by atoms with Gasteiger partial charge in [-0.05, 0) is 74.1 Å². The van der Waals surface area contributed by atoms with Crippen molar-refractivity contribution < 1.29 is 4.74 Å². The second-order valence-corrected chi connectivity index (χ2v) is 11.1. The summed E-state index contributed by atoms with van der Waals surface area (Å²) in [6, 6.07) is 52.0. The summed E-state index contributed by atoms with van der Waals surface area (Å²) >= 11 is 0. The van der Waals surface area contributed by atoms with Gasteiger partial charge in [-0.3, -0.25) is 4.99 Å². The van der Waals surface area contributed by atoms with Gasteiger partial charge in [-0.25, -0.2) is 0 Å². The van der Waals surface area contributed by atoms with Crippen LogP contribution in [0.25, 0.3) is 43.8 Å². The molecule has 0 saturated carbocycles. The molecular weight excluding hydrogens is 510 g/mol. The first kappa shape index (κ1) is 23.3. The first-order valence-electron chi connectivity index (χ1n) is 14.4. The lowest BCUT2D eigenvalue weighted by molar-refractivity contribution is 0.460. The molecule has 196 valence electrons. The fraction of sp³-hybridized carbons (Fsp3) is 0.0250. The molecule has 0 spiro atoms. The molecule has 0 amide bonds. The summed E-state index contributed by atoms with van der Waals surface area (Å²) in [5.74, 6) is 1.87. The molecule has 2 nitrogen and oxygen atoms in total. The van der Waals surface area contributed by atoms with Gasteiger partial charge in [0.05, 0.1) is 17.3 Å². The highest BCUT2D eigenvalue weighted by Gasteiger charge is 2.38. The van der Waals surface area contributed by atoms with Crippen molar-refractivity contribution in [1.82, 2.24) is 0 Å². The Morgan fingerprint density at radius 2 is 1.12 bits per heavy atom. The number of nitrogens with zero attached hydrogens (tertiary/aromatic N) is 1. The van der Waals surface area contributed by atoms with E-state index in [-0.39, 0.29) is 5.92 Å². The highest BCUT2D eigenvalue weighted by atomic mass is 16.5. The van der Waals surface area contributed by atoms with Gasteiger partial charge in [-0.1, -0.05) is 115 Å². The van der Waals surface area contributed by atoms with Crippen molar-refractivity contribution in [2.45, 2.75) is 5.92 Å². The zero-order valence-corrected chi connectivity index (χ0v) is 22.8. The quantitative estimate of drug-likeness (QED) is 0.220. The van der Waals surface area contributed by atoms with Crippen LogP contribution in [0.4, 0.5) is 5.69 Å². The standard InChI is InChI=1S/C40H25NO/c1-2-9-26(10-3-1)39-37-34-13-6-12-33(40(34)42-36-15-7-14-35(41-39)38(36)37)32-21-20-30-23-29(18-19-31(30)24-32)28-17-16-25-8-4-5-11-27(25)22-28/h1-24,37H. The Bertz CT molecular complexity index is 2230. The van der Waals surface area contributed by atoms with E-state index in [0.29, 0.717) is 0 Å². The topological polar surface area (TPSA) is 21.6 Å². The number of rotatable bonds is 3. The molecule has 2 aliphatic rings. The van der Waals surface area contributed by atoms with Crippen molar-refractivity contribution in [1.29, 1.82) is 0 Å². The molecule has 0 saturated heterocycles. The Balaban J connectivity index is 1.14. The summed E-state index contributed by atoms with van der Waals surface area (Å²) in [6.07, 6.45) is 0. The lowest BCUT2D eigenvalue weighted by Gasteiger charge is -2.28. The van der Waals surface area contributed by atoms with Crippen LogP contribution in [0.5, 0.6) is 11.5 Å². The molecule has 0 aromatic heterocycles. The van der Waals surface area contributed by atoms with Gasteiger partial charge >= 0.3 is 0 Å². The van der Waals surface area contributed by atoms with Crippen molar-refractivity contribution in [2.24, 2.45) is 4.99 Å². The number of benzene rings is 7. The maximum Gasteiger partial charge on any atom is 0.139 e. The van der Waals surface area contributed by atoms with E-state index < -0.39 is 0 Å². The largest absolute Gasteiger partial charge is 0.456 e. The lowest BCUT2D eigenvalue weighted by atomic mass is 9.82. The van der Waals surface area contributed by atoms with Crippen molar-refractivity contribution in [2.75, 3.05) is 0 Å². The normalized spacial score (nSPS) is 14.8. The Morgan fingerprint density at radius 1 is 0.476 bits per heavy atom. The van der Waals surface area contributed by atoms with E-state index in [1.807, 2.05) is 6.07 Å². The van der Waals surface area contributed by atoms with Crippen LogP contribution in [0.2, 0.25) is 0 Å². The molecule has 7 aromatic rings. The minimum absolute atomic E-state index is 0.0484.